The lowest BCUT2D eigenvalue weighted by Crippen LogP contribution is -2.06. The lowest BCUT2D eigenvalue weighted by atomic mass is 9.93. The van der Waals surface area contributed by atoms with Crippen molar-refractivity contribution in [3.8, 4) is 56.4 Å². The molecule has 9 rings (SSSR count). The summed E-state index contributed by atoms with van der Waals surface area (Å²) < 4.78 is 0. The van der Waals surface area contributed by atoms with E-state index in [-0.39, 0.29) is 0 Å². The van der Waals surface area contributed by atoms with Gasteiger partial charge in [-0.1, -0.05) is 158 Å². The minimum Gasteiger partial charge on any atom is -0.355 e. The van der Waals surface area contributed by atoms with Gasteiger partial charge >= 0.3 is 0 Å². The molecular formula is C50H35N5. The van der Waals surface area contributed by atoms with Crippen LogP contribution in [-0.2, 0) is 0 Å². The number of benzene rings is 8. The van der Waals surface area contributed by atoms with Gasteiger partial charge in [0.25, 0.3) is 0 Å². The molecule has 55 heavy (non-hydrogen) atoms. The van der Waals surface area contributed by atoms with Crippen LogP contribution >= 0.6 is 0 Å². The van der Waals surface area contributed by atoms with Gasteiger partial charge < -0.3 is 5.32 Å². The summed E-state index contributed by atoms with van der Waals surface area (Å²) in [5.41, 5.74) is 11.0. The summed E-state index contributed by atoms with van der Waals surface area (Å²) in [5, 5.41) is 15.3. The molecule has 2 N–H and O–H groups in total. The molecule has 0 aliphatic carbocycles. The molecule has 0 aliphatic heterocycles. The molecule has 260 valence electrons. The maximum Gasteiger partial charge on any atom is 0.164 e. The predicted molar refractivity (Wildman–Crippen MR) is 227 cm³/mol. The Labute approximate surface area is 320 Å². The molecule has 5 nitrogen and oxygen atoms in total. The first-order valence-electron chi connectivity index (χ1n) is 18.3. The summed E-state index contributed by atoms with van der Waals surface area (Å²) in [7, 11) is 0. The van der Waals surface area contributed by atoms with Gasteiger partial charge in [-0.25, -0.2) is 15.0 Å². The van der Waals surface area contributed by atoms with Gasteiger partial charge in [-0.3, -0.25) is 5.41 Å². The number of anilines is 2. The smallest absolute Gasteiger partial charge is 0.164 e. The second-order valence-corrected chi connectivity index (χ2v) is 13.4. The fourth-order valence-corrected chi connectivity index (χ4v) is 6.89. The summed E-state index contributed by atoms with van der Waals surface area (Å²) in [5.74, 6) is 1.88. The Hall–Kier alpha value is -7.50. The lowest BCUT2D eigenvalue weighted by Gasteiger charge is -2.16. The Balaban J connectivity index is 1.05. The summed E-state index contributed by atoms with van der Waals surface area (Å²) in [6.45, 7) is 0. The Morgan fingerprint density at radius 2 is 0.782 bits per heavy atom. The van der Waals surface area contributed by atoms with Crippen LogP contribution in [0.15, 0.2) is 200 Å². The summed E-state index contributed by atoms with van der Waals surface area (Å²) >= 11 is 0. The van der Waals surface area contributed by atoms with Crippen molar-refractivity contribution in [2.45, 2.75) is 0 Å². The molecule has 0 bridgehead atoms. The molecule has 0 radical (unpaired) electrons. The highest BCUT2D eigenvalue weighted by Crippen LogP contribution is 2.33. The summed E-state index contributed by atoms with van der Waals surface area (Å²) in [6.07, 6.45) is 0. The van der Waals surface area contributed by atoms with Crippen LogP contribution in [0.3, 0.4) is 0 Å². The van der Waals surface area contributed by atoms with Gasteiger partial charge in [0, 0.05) is 39.2 Å². The molecule has 0 fully saturated rings. The van der Waals surface area contributed by atoms with E-state index in [0.717, 1.165) is 72.2 Å². The number of nitrogens with one attached hydrogen (secondary N) is 2. The van der Waals surface area contributed by atoms with Crippen molar-refractivity contribution in [3.05, 3.63) is 211 Å². The van der Waals surface area contributed by atoms with Gasteiger partial charge in [-0.2, -0.15) is 0 Å². The first-order valence-corrected chi connectivity index (χ1v) is 18.3. The van der Waals surface area contributed by atoms with E-state index in [1.807, 2.05) is 115 Å². The van der Waals surface area contributed by atoms with Crippen LogP contribution in [0.1, 0.15) is 11.1 Å². The van der Waals surface area contributed by atoms with Gasteiger partial charge in [0.2, 0.25) is 0 Å². The number of aromatic nitrogens is 3. The Kier molecular flexibility index (Phi) is 9.01. The van der Waals surface area contributed by atoms with Crippen molar-refractivity contribution in [3.63, 3.8) is 0 Å². The lowest BCUT2D eigenvalue weighted by molar-refractivity contribution is 1.07. The average Bonchev–Trinajstić information content (AvgIpc) is 3.27. The van der Waals surface area contributed by atoms with Gasteiger partial charge in [-0.15, -0.1) is 0 Å². The van der Waals surface area contributed by atoms with Crippen LogP contribution in [0.5, 0.6) is 0 Å². The molecule has 0 spiro atoms. The van der Waals surface area contributed by atoms with Crippen molar-refractivity contribution in [2.24, 2.45) is 0 Å². The first kappa shape index (κ1) is 33.3. The van der Waals surface area contributed by atoms with E-state index in [2.05, 4.69) is 90.2 Å². The Morgan fingerprint density at radius 1 is 0.364 bits per heavy atom. The summed E-state index contributed by atoms with van der Waals surface area (Å²) in [4.78, 5) is 14.8. The molecule has 0 amide bonds. The van der Waals surface area contributed by atoms with E-state index in [9.17, 15) is 5.41 Å². The Bertz CT molecular complexity index is 2740. The molecule has 8 aromatic carbocycles. The predicted octanol–water partition coefficient (Wildman–Crippen LogP) is 12.5. The van der Waals surface area contributed by atoms with Gasteiger partial charge in [0.05, 0.1) is 5.71 Å². The van der Waals surface area contributed by atoms with Crippen LogP contribution in [-0.4, -0.2) is 20.7 Å². The van der Waals surface area contributed by atoms with E-state index in [1.54, 1.807) is 0 Å². The Morgan fingerprint density at radius 3 is 1.36 bits per heavy atom. The SMILES string of the molecule is N=C(c1cccc(-c2cccc(-c3cccc(-c4nc(-c5ccccc5)nc(-c5ccccc5)n4)c3)c2)c1)c1cc2ccccc2cc1Nc1ccccc1. The third-order valence-electron chi connectivity index (χ3n) is 9.71. The molecule has 0 unspecified atom stereocenters. The summed E-state index contributed by atoms with van der Waals surface area (Å²) in [6, 6.07) is 67.9. The maximum absolute atomic E-state index is 9.48. The van der Waals surface area contributed by atoms with Crippen LogP contribution in [0.25, 0.3) is 67.2 Å². The van der Waals surface area contributed by atoms with E-state index in [4.69, 9.17) is 15.0 Å². The van der Waals surface area contributed by atoms with Crippen molar-refractivity contribution < 1.29 is 0 Å². The third-order valence-corrected chi connectivity index (χ3v) is 9.71. The van der Waals surface area contributed by atoms with Gasteiger partial charge in [-0.05, 0) is 75.5 Å². The number of hydrogen-bond donors (Lipinski definition) is 2. The molecule has 5 heteroatoms. The van der Waals surface area contributed by atoms with Crippen LogP contribution < -0.4 is 5.32 Å². The molecule has 0 aliphatic rings. The highest BCUT2D eigenvalue weighted by Gasteiger charge is 2.15. The van der Waals surface area contributed by atoms with E-state index in [0.29, 0.717) is 23.2 Å². The van der Waals surface area contributed by atoms with Gasteiger partial charge in [0.1, 0.15) is 0 Å². The topological polar surface area (TPSA) is 74.5 Å². The van der Waals surface area contributed by atoms with Crippen LogP contribution in [0.2, 0.25) is 0 Å². The quantitative estimate of drug-likeness (QED) is 0.147. The van der Waals surface area contributed by atoms with Crippen molar-refractivity contribution in [2.75, 3.05) is 5.32 Å². The molecule has 0 saturated heterocycles. The molecule has 9 aromatic rings. The highest BCUT2D eigenvalue weighted by molar-refractivity contribution is 6.16. The normalized spacial score (nSPS) is 11.0. The van der Waals surface area contributed by atoms with Crippen molar-refractivity contribution in [1.29, 1.82) is 5.41 Å². The monoisotopic (exact) mass is 705 g/mol. The fraction of sp³-hybridized carbons (Fsp3) is 0. The number of para-hydroxylation sites is 1. The molecule has 0 saturated carbocycles. The van der Waals surface area contributed by atoms with Crippen LogP contribution in [0.4, 0.5) is 11.4 Å². The zero-order chi connectivity index (χ0) is 37.0. The molecular weight excluding hydrogens is 671 g/mol. The highest BCUT2D eigenvalue weighted by atomic mass is 15.0. The average molecular weight is 706 g/mol. The number of nitrogens with zero attached hydrogens (tertiary/aromatic N) is 3. The van der Waals surface area contributed by atoms with E-state index in [1.165, 1.54) is 0 Å². The largest absolute Gasteiger partial charge is 0.355 e. The molecule has 1 aromatic heterocycles. The number of rotatable bonds is 9. The first-order chi connectivity index (χ1) is 27.1. The van der Waals surface area contributed by atoms with E-state index >= 15 is 0 Å². The molecule has 1 heterocycles. The van der Waals surface area contributed by atoms with Crippen LogP contribution in [0, 0.1) is 5.41 Å². The second kappa shape index (κ2) is 14.9. The molecule has 0 atom stereocenters. The zero-order valence-corrected chi connectivity index (χ0v) is 29.9. The third kappa shape index (κ3) is 7.15. The second-order valence-electron chi connectivity index (χ2n) is 13.4. The van der Waals surface area contributed by atoms with Gasteiger partial charge in [0.15, 0.2) is 17.5 Å². The van der Waals surface area contributed by atoms with Crippen molar-refractivity contribution in [1.82, 2.24) is 15.0 Å². The fourth-order valence-electron chi connectivity index (χ4n) is 6.89. The number of hydrogen-bond acceptors (Lipinski definition) is 5. The van der Waals surface area contributed by atoms with E-state index < -0.39 is 0 Å². The number of fused-ring (bicyclic) bond motifs is 1. The van der Waals surface area contributed by atoms with Crippen molar-refractivity contribution >= 4 is 27.9 Å². The minimum absolute atomic E-state index is 0.456. The minimum atomic E-state index is 0.456. The standard InChI is InChI=1S/C50H35N5/c51-47(45-32-40-19-10-11-20-41(40)33-46(45)52-44-27-8-3-9-28-44)42-25-13-23-38(30-42)36-21-12-22-37(29-36)39-24-14-26-43(31-39)50-54-48(34-15-4-1-5-16-34)53-49(55-50)35-17-6-2-7-18-35/h1-33,51-52H. The maximum atomic E-state index is 9.48. The zero-order valence-electron chi connectivity index (χ0n) is 29.9.